The van der Waals surface area contributed by atoms with Crippen molar-refractivity contribution < 1.29 is 4.79 Å². The molecule has 3 N–H and O–H groups in total. The lowest BCUT2D eigenvalue weighted by atomic mass is 10.1. The van der Waals surface area contributed by atoms with E-state index in [0.29, 0.717) is 6.42 Å². The van der Waals surface area contributed by atoms with Gasteiger partial charge in [0.2, 0.25) is 5.91 Å². The van der Waals surface area contributed by atoms with Gasteiger partial charge in [-0.1, -0.05) is 6.07 Å². The fourth-order valence-corrected chi connectivity index (χ4v) is 4.46. The lowest BCUT2D eigenvalue weighted by molar-refractivity contribution is -0.122. The van der Waals surface area contributed by atoms with E-state index in [-0.39, 0.29) is 11.9 Å². The van der Waals surface area contributed by atoms with Crippen LogP contribution in [0.5, 0.6) is 0 Å². The van der Waals surface area contributed by atoms with Crippen molar-refractivity contribution in [2.45, 2.75) is 25.3 Å². The summed E-state index contributed by atoms with van der Waals surface area (Å²) in [5.41, 5.74) is 9.22. The van der Waals surface area contributed by atoms with E-state index in [4.69, 9.17) is 5.73 Å². The van der Waals surface area contributed by atoms with Gasteiger partial charge >= 0.3 is 0 Å². The summed E-state index contributed by atoms with van der Waals surface area (Å²) in [6, 6.07) is 10.6. The zero-order valence-corrected chi connectivity index (χ0v) is 14.3. The van der Waals surface area contributed by atoms with Crippen LogP contribution in [0.3, 0.4) is 0 Å². The molecule has 1 saturated heterocycles. The quantitative estimate of drug-likeness (QED) is 0.748. The van der Waals surface area contributed by atoms with Crippen molar-refractivity contribution in [2.75, 3.05) is 13.1 Å². The summed E-state index contributed by atoms with van der Waals surface area (Å²) in [4.78, 5) is 18.5. The number of likely N-dealkylation sites (tertiary alicyclic amines) is 1. The van der Waals surface area contributed by atoms with Gasteiger partial charge < -0.3 is 10.7 Å². The molecule has 1 atom stereocenters. The Balaban J connectivity index is 1.56. The maximum Gasteiger partial charge on any atom is 0.235 e. The molecule has 4 rings (SSSR count). The van der Waals surface area contributed by atoms with Crippen LogP contribution in [0.15, 0.2) is 41.9 Å². The molecule has 3 heterocycles. The van der Waals surface area contributed by atoms with Crippen LogP contribution in [-0.4, -0.2) is 34.9 Å². The summed E-state index contributed by atoms with van der Waals surface area (Å²) < 4.78 is 0. The third kappa shape index (κ3) is 2.97. The van der Waals surface area contributed by atoms with E-state index in [1.54, 1.807) is 11.3 Å². The summed E-state index contributed by atoms with van der Waals surface area (Å²) in [6.07, 6.45) is 5.00. The molecule has 0 aliphatic carbocycles. The predicted octanol–water partition coefficient (Wildman–Crippen LogP) is 3.39. The number of aromatic amines is 1. The van der Waals surface area contributed by atoms with Crippen molar-refractivity contribution in [3.63, 3.8) is 0 Å². The van der Waals surface area contributed by atoms with Crippen LogP contribution >= 0.6 is 11.3 Å². The second kappa shape index (κ2) is 6.42. The van der Waals surface area contributed by atoms with Gasteiger partial charge in [0.25, 0.3) is 0 Å². The predicted molar refractivity (Wildman–Crippen MR) is 99.1 cm³/mol. The van der Waals surface area contributed by atoms with Gasteiger partial charge in [0.05, 0.1) is 6.04 Å². The third-order valence-corrected chi connectivity index (χ3v) is 5.80. The van der Waals surface area contributed by atoms with E-state index in [0.717, 1.165) is 31.4 Å². The molecule has 0 saturated carbocycles. The molecule has 0 radical (unpaired) electrons. The Hall–Kier alpha value is -2.11. The molecule has 1 unspecified atom stereocenters. The number of hydrogen-bond acceptors (Lipinski definition) is 3. The molecule has 1 fully saturated rings. The summed E-state index contributed by atoms with van der Waals surface area (Å²) in [5.74, 6) is -0.208. The molecule has 24 heavy (non-hydrogen) atoms. The number of carbonyl (C=O) groups excluding carboxylic acids is 1. The summed E-state index contributed by atoms with van der Waals surface area (Å²) >= 11 is 1.71. The van der Waals surface area contributed by atoms with E-state index >= 15 is 0 Å². The standard InChI is InChI=1S/C19H21N3OS/c20-19(23)18(22-7-1-2-8-22)11-16-10-15(12-24-16)13-3-4-17-14(9-13)5-6-21-17/h3-6,9-10,12,18,21H,1-2,7-8,11H2,(H2,20,23). The number of H-pyrrole nitrogens is 1. The summed E-state index contributed by atoms with van der Waals surface area (Å²) in [5, 5.41) is 3.39. The van der Waals surface area contributed by atoms with Gasteiger partial charge in [0.15, 0.2) is 0 Å². The molecule has 3 aromatic rings. The largest absolute Gasteiger partial charge is 0.368 e. The van der Waals surface area contributed by atoms with Crippen LogP contribution in [0.4, 0.5) is 0 Å². The van der Waals surface area contributed by atoms with E-state index in [1.807, 2.05) is 6.20 Å². The normalized spacial score (nSPS) is 16.7. The molecule has 0 spiro atoms. The maximum atomic E-state index is 11.9. The van der Waals surface area contributed by atoms with E-state index < -0.39 is 0 Å². The minimum atomic E-state index is -0.208. The van der Waals surface area contributed by atoms with Crippen LogP contribution < -0.4 is 5.73 Å². The molecule has 5 heteroatoms. The monoisotopic (exact) mass is 339 g/mol. The van der Waals surface area contributed by atoms with Crippen molar-refractivity contribution in [1.29, 1.82) is 0 Å². The Kier molecular flexibility index (Phi) is 4.12. The smallest absolute Gasteiger partial charge is 0.235 e. The number of benzene rings is 1. The fraction of sp³-hybridized carbons (Fsp3) is 0.316. The van der Waals surface area contributed by atoms with Crippen LogP contribution in [0, 0.1) is 0 Å². The zero-order chi connectivity index (χ0) is 16.5. The molecule has 0 bridgehead atoms. The number of aromatic nitrogens is 1. The van der Waals surface area contributed by atoms with Crippen LogP contribution in [0.2, 0.25) is 0 Å². The second-order valence-electron chi connectivity index (χ2n) is 6.45. The van der Waals surface area contributed by atoms with Crippen molar-refractivity contribution >= 4 is 28.1 Å². The van der Waals surface area contributed by atoms with Crippen LogP contribution in [0.25, 0.3) is 22.0 Å². The number of carbonyl (C=O) groups is 1. The van der Waals surface area contributed by atoms with Crippen molar-refractivity contribution in [1.82, 2.24) is 9.88 Å². The first-order chi connectivity index (χ1) is 11.7. The average Bonchev–Trinajstić information content (AvgIpc) is 3.31. The van der Waals surface area contributed by atoms with Gasteiger partial charge in [-0.15, -0.1) is 11.3 Å². The van der Waals surface area contributed by atoms with Gasteiger partial charge in [-0.05, 0) is 72.1 Å². The number of thiophene rings is 1. The number of primary amides is 1. The molecule has 1 aliphatic heterocycles. The van der Waals surface area contributed by atoms with Gasteiger partial charge in [-0.2, -0.15) is 0 Å². The maximum absolute atomic E-state index is 11.9. The number of fused-ring (bicyclic) bond motifs is 1. The number of amides is 1. The van der Waals surface area contributed by atoms with Gasteiger partial charge in [-0.3, -0.25) is 9.69 Å². The Bertz CT molecular complexity index is 860. The molecule has 2 aromatic heterocycles. The highest BCUT2D eigenvalue weighted by Gasteiger charge is 2.27. The van der Waals surface area contributed by atoms with Crippen molar-refractivity contribution in [3.05, 3.63) is 46.8 Å². The van der Waals surface area contributed by atoms with E-state index in [1.165, 1.54) is 21.4 Å². The van der Waals surface area contributed by atoms with Crippen molar-refractivity contribution in [2.24, 2.45) is 5.73 Å². The minimum Gasteiger partial charge on any atom is -0.368 e. The average molecular weight is 339 g/mol. The SMILES string of the molecule is NC(=O)C(Cc1cc(-c2ccc3[nH]ccc3c2)cs1)N1CCCC1. The first kappa shape index (κ1) is 15.4. The molecular formula is C19H21N3OS. The number of nitrogens with zero attached hydrogens (tertiary/aromatic N) is 1. The van der Waals surface area contributed by atoms with Crippen molar-refractivity contribution in [3.8, 4) is 11.1 Å². The Morgan fingerprint density at radius 2 is 2.04 bits per heavy atom. The summed E-state index contributed by atoms with van der Waals surface area (Å²) in [6.45, 7) is 1.96. The van der Waals surface area contributed by atoms with E-state index in [9.17, 15) is 4.79 Å². The fourth-order valence-electron chi connectivity index (χ4n) is 3.53. The number of nitrogens with two attached hydrogens (primary N) is 1. The topological polar surface area (TPSA) is 62.1 Å². The Labute approximate surface area is 145 Å². The number of nitrogens with one attached hydrogen (secondary N) is 1. The Morgan fingerprint density at radius 1 is 1.21 bits per heavy atom. The first-order valence-corrected chi connectivity index (χ1v) is 9.27. The molecule has 4 nitrogen and oxygen atoms in total. The lowest BCUT2D eigenvalue weighted by Crippen LogP contribution is -2.44. The van der Waals surface area contributed by atoms with Gasteiger partial charge in [0.1, 0.15) is 0 Å². The number of hydrogen-bond donors (Lipinski definition) is 2. The molecule has 1 aromatic carbocycles. The molecule has 1 amide bonds. The van der Waals surface area contributed by atoms with Crippen LogP contribution in [-0.2, 0) is 11.2 Å². The number of rotatable bonds is 5. The highest BCUT2D eigenvalue weighted by atomic mass is 32.1. The molecule has 1 aliphatic rings. The van der Waals surface area contributed by atoms with E-state index in [2.05, 4.69) is 45.6 Å². The van der Waals surface area contributed by atoms with Gasteiger partial charge in [0, 0.05) is 23.0 Å². The lowest BCUT2D eigenvalue weighted by Gasteiger charge is -2.23. The summed E-state index contributed by atoms with van der Waals surface area (Å²) in [7, 11) is 0. The highest BCUT2D eigenvalue weighted by Crippen LogP contribution is 2.29. The minimum absolute atomic E-state index is 0.175. The first-order valence-electron chi connectivity index (χ1n) is 8.39. The van der Waals surface area contributed by atoms with Gasteiger partial charge in [-0.25, -0.2) is 0 Å². The second-order valence-corrected chi connectivity index (χ2v) is 7.44. The third-order valence-electron chi connectivity index (χ3n) is 4.84. The van der Waals surface area contributed by atoms with Crippen LogP contribution in [0.1, 0.15) is 17.7 Å². The highest BCUT2D eigenvalue weighted by molar-refractivity contribution is 7.10. The zero-order valence-electron chi connectivity index (χ0n) is 13.5. The molecule has 124 valence electrons. The molecular weight excluding hydrogens is 318 g/mol. The Morgan fingerprint density at radius 3 is 2.83 bits per heavy atom.